The highest BCUT2D eigenvalue weighted by molar-refractivity contribution is 6.62. The van der Waals surface area contributed by atoms with Gasteiger partial charge in [0, 0.05) is 32.9 Å². The molecule has 0 atom stereocenters. The summed E-state index contributed by atoms with van der Waals surface area (Å²) >= 11 is 0. The Bertz CT molecular complexity index is 2460. The minimum absolute atomic E-state index is 0.376. The van der Waals surface area contributed by atoms with Crippen molar-refractivity contribution >= 4 is 56.2 Å². The average Bonchev–Trinajstić information content (AvgIpc) is 3.68. The first-order valence-electron chi connectivity index (χ1n) is 16.4. The summed E-state index contributed by atoms with van der Waals surface area (Å²) in [5.74, 6) is 0. The maximum Gasteiger partial charge on any atom is 0.494 e. The van der Waals surface area contributed by atoms with Gasteiger partial charge in [-0.2, -0.15) is 0 Å². The van der Waals surface area contributed by atoms with Gasteiger partial charge in [-0.3, -0.25) is 0 Å². The molecule has 5 heteroatoms. The fourth-order valence-corrected chi connectivity index (χ4v) is 7.29. The first-order chi connectivity index (χ1) is 22.8. The molecular weight excluding hydrogens is 575 g/mol. The fraction of sp³-hybridized carbons (Fsp3) is 0.143. The smallest absolute Gasteiger partial charge is 0.399 e. The lowest BCUT2D eigenvalue weighted by Crippen LogP contribution is -2.41. The summed E-state index contributed by atoms with van der Waals surface area (Å²) in [6, 6.07) is 50.3. The van der Waals surface area contributed by atoms with Gasteiger partial charge in [0.05, 0.1) is 33.3 Å². The number of benzene rings is 6. The molecule has 9 rings (SSSR count). The highest BCUT2D eigenvalue weighted by Crippen LogP contribution is 2.41. The maximum absolute atomic E-state index is 6.34. The summed E-state index contributed by atoms with van der Waals surface area (Å²) in [5.41, 5.74) is 9.76. The first kappa shape index (κ1) is 28.2. The van der Waals surface area contributed by atoms with Crippen LogP contribution in [-0.2, 0) is 9.31 Å². The van der Waals surface area contributed by atoms with Crippen molar-refractivity contribution < 1.29 is 9.31 Å². The summed E-state index contributed by atoms with van der Waals surface area (Å²) in [7, 11) is -0.387. The molecule has 0 bridgehead atoms. The Morgan fingerprint density at radius 1 is 0.468 bits per heavy atom. The standard InChI is InChI=1S/C42H35BN2O2/c1-41(2)42(3,4)47-43(46-41)29-22-24-31(25-23-29)45-37-19-11-9-16-34(37)40-32(17-12-20-39(40)45)28-21-26-38-35(27-28)33-15-8-10-18-36(33)44(38)30-13-6-5-7-14-30/h5-27H,1-4H3. The van der Waals surface area contributed by atoms with Gasteiger partial charge in [0.25, 0.3) is 0 Å². The molecule has 228 valence electrons. The van der Waals surface area contributed by atoms with Crippen LogP contribution < -0.4 is 5.46 Å². The molecule has 6 aromatic carbocycles. The highest BCUT2D eigenvalue weighted by Gasteiger charge is 2.51. The van der Waals surface area contributed by atoms with Crippen LogP contribution in [0.5, 0.6) is 0 Å². The molecule has 1 saturated heterocycles. The Morgan fingerprint density at radius 3 is 1.74 bits per heavy atom. The van der Waals surface area contributed by atoms with Gasteiger partial charge >= 0.3 is 7.12 Å². The van der Waals surface area contributed by atoms with Crippen LogP contribution in [0.4, 0.5) is 0 Å². The third-order valence-electron chi connectivity index (χ3n) is 10.4. The zero-order valence-electron chi connectivity index (χ0n) is 27.1. The van der Waals surface area contributed by atoms with Crippen molar-refractivity contribution in [2.24, 2.45) is 0 Å². The van der Waals surface area contributed by atoms with Gasteiger partial charge < -0.3 is 18.4 Å². The number of hydrogen-bond acceptors (Lipinski definition) is 2. The zero-order valence-corrected chi connectivity index (χ0v) is 27.1. The predicted octanol–water partition coefficient (Wildman–Crippen LogP) is 9.85. The number of hydrogen-bond donors (Lipinski definition) is 0. The van der Waals surface area contributed by atoms with E-state index < -0.39 is 0 Å². The minimum atomic E-state index is -0.387. The summed E-state index contributed by atoms with van der Waals surface area (Å²) in [4.78, 5) is 0. The van der Waals surface area contributed by atoms with Crippen LogP contribution >= 0.6 is 0 Å². The van der Waals surface area contributed by atoms with Crippen molar-refractivity contribution in [3.63, 3.8) is 0 Å². The lowest BCUT2D eigenvalue weighted by molar-refractivity contribution is 0.00578. The molecule has 8 aromatic rings. The molecule has 0 spiro atoms. The summed E-state index contributed by atoms with van der Waals surface area (Å²) < 4.78 is 17.4. The molecule has 0 unspecified atom stereocenters. The Hall–Kier alpha value is -5.10. The third kappa shape index (κ3) is 4.24. The second-order valence-electron chi connectivity index (χ2n) is 13.7. The number of nitrogens with zero attached hydrogens (tertiary/aromatic N) is 2. The van der Waals surface area contributed by atoms with E-state index in [2.05, 4.69) is 176 Å². The molecule has 0 amide bonds. The van der Waals surface area contributed by atoms with E-state index in [1.807, 2.05) is 0 Å². The van der Waals surface area contributed by atoms with Gasteiger partial charge in [-0.05, 0) is 98.9 Å². The molecule has 0 aliphatic carbocycles. The van der Waals surface area contributed by atoms with Gasteiger partial charge in [-0.1, -0.05) is 84.9 Å². The van der Waals surface area contributed by atoms with Crippen LogP contribution in [0.2, 0.25) is 0 Å². The van der Waals surface area contributed by atoms with E-state index in [1.165, 1.54) is 60.4 Å². The van der Waals surface area contributed by atoms with Gasteiger partial charge in [0.2, 0.25) is 0 Å². The van der Waals surface area contributed by atoms with E-state index in [0.717, 1.165) is 11.2 Å². The van der Waals surface area contributed by atoms with Crippen molar-refractivity contribution in [1.29, 1.82) is 0 Å². The molecule has 1 aliphatic rings. The first-order valence-corrected chi connectivity index (χ1v) is 16.4. The Morgan fingerprint density at radius 2 is 1.02 bits per heavy atom. The van der Waals surface area contributed by atoms with Gasteiger partial charge in [0.15, 0.2) is 0 Å². The van der Waals surface area contributed by atoms with E-state index in [4.69, 9.17) is 9.31 Å². The Balaban J connectivity index is 1.20. The molecule has 3 heterocycles. The second-order valence-corrected chi connectivity index (χ2v) is 13.7. The van der Waals surface area contributed by atoms with E-state index in [0.29, 0.717) is 0 Å². The van der Waals surface area contributed by atoms with Crippen molar-refractivity contribution in [1.82, 2.24) is 9.13 Å². The van der Waals surface area contributed by atoms with Crippen LogP contribution in [0.15, 0.2) is 140 Å². The monoisotopic (exact) mass is 610 g/mol. The van der Waals surface area contributed by atoms with Gasteiger partial charge in [0.1, 0.15) is 0 Å². The topological polar surface area (TPSA) is 28.3 Å². The van der Waals surface area contributed by atoms with Crippen molar-refractivity contribution in [2.45, 2.75) is 38.9 Å². The second kappa shape index (κ2) is 10.2. The minimum Gasteiger partial charge on any atom is -0.399 e. The lowest BCUT2D eigenvalue weighted by atomic mass is 9.79. The molecule has 0 radical (unpaired) electrons. The molecule has 4 nitrogen and oxygen atoms in total. The van der Waals surface area contributed by atoms with E-state index in [-0.39, 0.29) is 18.3 Å². The van der Waals surface area contributed by atoms with E-state index in [9.17, 15) is 0 Å². The Labute approximate surface area is 274 Å². The molecule has 0 N–H and O–H groups in total. The normalized spacial score (nSPS) is 15.8. The van der Waals surface area contributed by atoms with Gasteiger partial charge in [-0.25, -0.2) is 0 Å². The maximum atomic E-state index is 6.34. The van der Waals surface area contributed by atoms with Crippen molar-refractivity contribution in [3.8, 4) is 22.5 Å². The SMILES string of the molecule is CC1(C)OB(c2ccc(-n3c4ccccc4c4c(-c5ccc6c(c5)c5ccccc5n6-c5ccccc5)cccc43)cc2)OC1(C)C. The molecule has 1 fully saturated rings. The highest BCUT2D eigenvalue weighted by atomic mass is 16.7. The van der Waals surface area contributed by atoms with E-state index >= 15 is 0 Å². The average molecular weight is 611 g/mol. The van der Waals surface area contributed by atoms with Crippen LogP contribution in [0, 0.1) is 0 Å². The fourth-order valence-electron chi connectivity index (χ4n) is 7.29. The van der Waals surface area contributed by atoms with Crippen LogP contribution in [0.3, 0.4) is 0 Å². The number of fused-ring (bicyclic) bond motifs is 6. The quantitative estimate of drug-likeness (QED) is 0.186. The zero-order chi connectivity index (χ0) is 31.9. The molecule has 0 saturated carbocycles. The lowest BCUT2D eigenvalue weighted by Gasteiger charge is -2.32. The van der Waals surface area contributed by atoms with Gasteiger partial charge in [-0.15, -0.1) is 0 Å². The summed E-state index contributed by atoms with van der Waals surface area (Å²) in [6.07, 6.45) is 0. The number of aromatic nitrogens is 2. The molecule has 2 aromatic heterocycles. The predicted molar refractivity (Wildman–Crippen MR) is 196 cm³/mol. The largest absolute Gasteiger partial charge is 0.494 e. The number of rotatable bonds is 4. The van der Waals surface area contributed by atoms with Crippen molar-refractivity contribution in [3.05, 3.63) is 140 Å². The van der Waals surface area contributed by atoms with E-state index in [1.54, 1.807) is 0 Å². The number of para-hydroxylation sites is 3. The van der Waals surface area contributed by atoms with Crippen molar-refractivity contribution in [2.75, 3.05) is 0 Å². The Kier molecular flexibility index (Phi) is 6.11. The summed E-state index contributed by atoms with van der Waals surface area (Å²) in [5, 5.41) is 5.00. The van der Waals surface area contributed by atoms with Crippen LogP contribution in [0.1, 0.15) is 27.7 Å². The van der Waals surface area contributed by atoms with Crippen LogP contribution in [-0.4, -0.2) is 27.5 Å². The summed E-state index contributed by atoms with van der Waals surface area (Å²) in [6.45, 7) is 8.37. The third-order valence-corrected chi connectivity index (χ3v) is 10.4. The molecule has 47 heavy (non-hydrogen) atoms. The van der Waals surface area contributed by atoms with Crippen LogP contribution in [0.25, 0.3) is 66.1 Å². The molecular formula is C42H35BN2O2. The molecule has 1 aliphatic heterocycles.